The maximum atomic E-state index is 13.5. The fourth-order valence-electron chi connectivity index (χ4n) is 5.22. The smallest absolute Gasteiger partial charge is 0.323 e. The van der Waals surface area contributed by atoms with Gasteiger partial charge in [0.2, 0.25) is 0 Å². The van der Waals surface area contributed by atoms with Gasteiger partial charge in [-0.25, -0.2) is 4.79 Å². The van der Waals surface area contributed by atoms with Crippen LogP contribution in [0.3, 0.4) is 0 Å². The molecule has 0 saturated carbocycles. The van der Waals surface area contributed by atoms with E-state index in [4.69, 9.17) is 9.47 Å². The summed E-state index contributed by atoms with van der Waals surface area (Å²) in [5.41, 5.74) is 3.65. The molecule has 222 valence electrons. The standard InChI is InChI=1S/C31H37BrN6O4/c1-41-29-5-3-2-4-28(29)38-16-14-37(15-17-38)27-11-10-25(35-31(40)34-24-8-6-23(32)7-9-24)22-26(27)30(39)33-12-13-36-18-20-42-21-19-36/h2-11,22H,12-21H2,1H3,(H,33,39)(H2,34,35,40). The Labute approximate surface area is 255 Å². The van der Waals surface area contributed by atoms with Crippen LogP contribution < -0.4 is 30.5 Å². The van der Waals surface area contributed by atoms with Crippen molar-refractivity contribution in [3.05, 3.63) is 76.8 Å². The Bertz CT molecular complexity index is 1360. The number of ether oxygens (including phenoxy) is 2. The van der Waals surface area contributed by atoms with Crippen molar-refractivity contribution < 1.29 is 19.1 Å². The van der Waals surface area contributed by atoms with Crippen LogP contribution in [0.2, 0.25) is 0 Å². The molecular formula is C31H37BrN6O4. The van der Waals surface area contributed by atoms with Gasteiger partial charge in [0.25, 0.3) is 5.91 Å². The topological polar surface area (TPSA) is 98.4 Å². The van der Waals surface area contributed by atoms with Crippen molar-refractivity contribution in [1.29, 1.82) is 0 Å². The van der Waals surface area contributed by atoms with Crippen LogP contribution in [0.25, 0.3) is 0 Å². The summed E-state index contributed by atoms with van der Waals surface area (Å²) >= 11 is 3.40. The number of amides is 3. The lowest BCUT2D eigenvalue weighted by molar-refractivity contribution is 0.0383. The zero-order valence-corrected chi connectivity index (χ0v) is 25.4. The molecule has 3 aromatic carbocycles. The number of halogens is 1. The van der Waals surface area contributed by atoms with Gasteiger partial charge in [-0.15, -0.1) is 0 Å². The number of methoxy groups -OCH3 is 1. The molecule has 0 radical (unpaired) electrons. The van der Waals surface area contributed by atoms with E-state index < -0.39 is 0 Å². The van der Waals surface area contributed by atoms with E-state index >= 15 is 0 Å². The quantitative estimate of drug-likeness (QED) is 0.318. The molecule has 5 rings (SSSR count). The first kappa shape index (κ1) is 29.7. The maximum absolute atomic E-state index is 13.5. The summed E-state index contributed by atoms with van der Waals surface area (Å²) < 4.78 is 11.9. The van der Waals surface area contributed by atoms with Gasteiger partial charge in [-0.05, 0) is 54.6 Å². The number of benzene rings is 3. The summed E-state index contributed by atoms with van der Waals surface area (Å²) in [6, 6.07) is 20.5. The van der Waals surface area contributed by atoms with Crippen molar-refractivity contribution in [2.75, 3.05) is 93.1 Å². The summed E-state index contributed by atoms with van der Waals surface area (Å²) in [6.07, 6.45) is 0. The first-order valence-corrected chi connectivity index (χ1v) is 15.0. The number of nitrogens with zero attached hydrogens (tertiary/aromatic N) is 3. The van der Waals surface area contributed by atoms with Crippen molar-refractivity contribution in [2.45, 2.75) is 0 Å². The van der Waals surface area contributed by atoms with Crippen molar-refractivity contribution >= 4 is 50.6 Å². The van der Waals surface area contributed by atoms with Crippen LogP contribution in [-0.4, -0.2) is 89.5 Å². The molecule has 2 saturated heterocycles. The third kappa shape index (κ3) is 7.72. The minimum Gasteiger partial charge on any atom is -0.495 e. The Morgan fingerprint density at radius 3 is 2.19 bits per heavy atom. The Morgan fingerprint density at radius 2 is 1.48 bits per heavy atom. The van der Waals surface area contributed by atoms with Gasteiger partial charge in [-0.2, -0.15) is 0 Å². The minimum absolute atomic E-state index is 0.164. The molecule has 0 atom stereocenters. The van der Waals surface area contributed by atoms with Gasteiger partial charge >= 0.3 is 6.03 Å². The fraction of sp³-hybridized carbons (Fsp3) is 0.355. The normalized spacial score (nSPS) is 15.7. The largest absolute Gasteiger partial charge is 0.495 e. The molecule has 2 aliphatic rings. The Balaban J connectivity index is 1.29. The molecule has 2 heterocycles. The molecule has 11 heteroatoms. The van der Waals surface area contributed by atoms with Crippen molar-refractivity contribution in [1.82, 2.24) is 10.2 Å². The summed E-state index contributed by atoms with van der Waals surface area (Å²) in [6.45, 7) is 7.50. The number of anilines is 4. The number of urea groups is 1. The van der Waals surface area contributed by atoms with Gasteiger partial charge in [-0.1, -0.05) is 28.1 Å². The number of nitrogens with one attached hydrogen (secondary N) is 3. The molecule has 2 aliphatic heterocycles. The van der Waals surface area contributed by atoms with Crippen molar-refractivity contribution in [2.24, 2.45) is 0 Å². The number of hydrogen-bond donors (Lipinski definition) is 3. The predicted octanol–water partition coefficient (Wildman–Crippen LogP) is 4.49. The van der Waals surface area contributed by atoms with E-state index in [2.05, 4.69) is 52.6 Å². The van der Waals surface area contributed by atoms with Gasteiger partial charge in [0.05, 0.1) is 31.6 Å². The van der Waals surface area contributed by atoms with Crippen molar-refractivity contribution in [3.63, 3.8) is 0 Å². The number of hydrogen-bond acceptors (Lipinski definition) is 7. The van der Waals surface area contributed by atoms with Gasteiger partial charge in [-0.3, -0.25) is 9.69 Å². The SMILES string of the molecule is COc1ccccc1N1CCN(c2ccc(NC(=O)Nc3ccc(Br)cc3)cc2C(=O)NCCN2CCOCC2)CC1. The molecule has 0 bridgehead atoms. The van der Waals surface area contributed by atoms with E-state index in [9.17, 15) is 9.59 Å². The van der Waals surface area contributed by atoms with Crippen LogP contribution in [-0.2, 0) is 4.74 Å². The highest BCUT2D eigenvalue weighted by Crippen LogP contribution is 2.31. The number of carbonyl (C=O) groups excluding carboxylic acids is 2. The molecule has 0 aliphatic carbocycles. The number of carbonyl (C=O) groups is 2. The van der Waals surface area contributed by atoms with E-state index in [0.717, 1.165) is 80.6 Å². The lowest BCUT2D eigenvalue weighted by Gasteiger charge is -2.38. The summed E-state index contributed by atoms with van der Waals surface area (Å²) in [4.78, 5) is 33.1. The lowest BCUT2D eigenvalue weighted by Crippen LogP contribution is -2.47. The van der Waals surface area contributed by atoms with E-state index in [1.54, 1.807) is 13.2 Å². The minimum atomic E-state index is -0.380. The molecule has 0 aromatic heterocycles. The number of para-hydroxylation sites is 2. The van der Waals surface area contributed by atoms with Crippen LogP contribution in [0.4, 0.5) is 27.5 Å². The molecular weight excluding hydrogens is 600 g/mol. The number of rotatable bonds is 9. The highest BCUT2D eigenvalue weighted by Gasteiger charge is 2.24. The fourth-order valence-corrected chi connectivity index (χ4v) is 5.49. The molecule has 42 heavy (non-hydrogen) atoms. The molecule has 2 fully saturated rings. The molecule has 3 aromatic rings. The molecule has 0 unspecified atom stereocenters. The van der Waals surface area contributed by atoms with E-state index in [1.165, 1.54) is 0 Å². The summed E-state index contributed by atoms with van der Waals surface area (Å²) in [5.74, 6) is 0.686. The zero-order chi connectivity index (χ0) is 29.3. The lowest BCUT2D eigenvalue weighted by atomic mass is 10.1. The first-order valence-electron chi connectivity index (χ1n) is 14.2. The van der Waals surface area contributed by atoms with Crippen LogP contribution in [0.15, 0.2) is 71.2 Å². The van der Waals surface area contributed by atoms with Crippen LogP contribution in [0.1, 0.15) is 10.4 Å². The average molecular weight is 638 g/mol. The monoisotopic (exact) mass is 636 g/mol. The van der Waals surface area contributed by atoms with Crippen LogP contribution in [0, 0.1) is 0 Å². The zero-order valence-electron chi connectivity index (χ0n) is 23.8. The molecule has 0 spiro atoms. The second kappa shape index (κ2) is 14.4. The van der Waals surface area contributed by atoms with Gasteiger partial charge in [0.1, 0.15) is 5.75 Å². The Kier molecular flexibility index (Phi) is 10.2. The Hall–Kier alpha value is -3.80. The summed E-state index contributed by atoms with van der Waals surface area (Å²) in [5, 5.41) is 8.80. The molecule has 3 amide bonds. The predicted molar refractivity (Wildman–Crippen MR) is 170 cm³/mol. The third-order valence-corrected chi connectivity index (χ3v) is 7.99. The van der Waals surface area contributed by atoms with E-state index in [0.29, 0.717) is 23.5 Å². The van der Waals surface area contributed by atoms with Gasteiger partial charge < -0.3 is 35.2 Å². The van der Waals surface area contributed by atoms with E-state index in [1.807, 2.05) is 54.6 Å². The third-order valence-electron chi connectivity index (χ3n) is 7.46. The second-order valence-electron chi connectivity index (χ2n) is 10.2. The molecule has 10 nitrogen and oxygen atoms in total. The maximum Gasteiger partial charge on any atom is 0.323 e. The van der Waals surface area contributed by atoms with Gasteiger partial charge in [0, 0.05) is 73.9 Å². The van der Waals surface area contributed by atoms with Crippen LogP contribution in [0.5, 0.6) is 5.75 Å². The average Bonchev–Trinajstić information content (AvgIpc) is 3.02. The summed E-state index contributed by atoms with van der Waals surface area (Å²) in [7, 11) is 1.69. The highest BCUT2D eigenvalue weighted by atomic mass is 79.9. The van der Waals surface area contributed by atoms with Crippen LogP contribution >= 0.6 is 15.9 Å². The first-order chi connectivity index (χ1) is 20.5. The Morgan fingerprint density at radius 1 is 0.833 bits per heavy atom. The van der Waals surface area contributed by atoms with Crippen molar-refractivity contribution in [3.8, 4) is 5.75 Å². The highest BCUT2D eigenvalue weighted by molar-refractivity contribution is 9.10. The van der Waals surface area contributed by atoms with Gasteiger partial charge in [0.15, 0.2) is 0 Å². The second-order valence-corrected chi connectivity index (χ2v) is 11.1. The van der Waals surface area contributed by atoms with E-state index in [-0.39, 0.29) is 11.9 Å². The number of morpholine rings is 1. The molecule has 3 N–H and O–H groups in total. The number of piperazine rings is 1.